The molecule has 3 heterocycles. The van der Waals surface area contributed by atoms with Crippen molar-refractivity contribution in [1.29, 1.82) is 0 Å². The second-order valence-electron chi connectivity index (χ2n) is 6.66. The highest BCUT2D eigenvalue weighted by atomic mass is 16.7. The Hall–Kier alpha value is -2.50. The number of rotatable bonds is 3. The van der Waals surface area contributed by atoms with Gasteiger partial charge in [-0.3, -0.25) is 9.48 Å². The molecule has 132 valence electrons. The van der Waals surface area contributed by atoms with Crippen LogP contribution in [0.25, 0.3) is 11.3 Å². The first-order valence-electron chi connectivity index (χ1n) is 8.92. The van der Waals surface area contributed by atoms with E-state index in [4.69, 9.17) is 9.47 Å². The van der Waals surface area contributed by atoms with Gasteiger partial charge in [0.1, 0.15) is 0 Å². The summed E-state index contributed by atoms with van der Waals surface area (Å²) in [5, 5.41) is 4.48. The van der Waals surface area contributed by atoms with Gasteiger partial charge in [0, 0.05) is 25.2 Å². The molecular formula is C19H23N3O3. The summed E-state index contributed by atoms with van der Waals surface area (Å²) < 4.78 is 12.6. The number of carbonyl (C=O) groups excluding carboxylic acids is 1. The number of hydrogen-bond donors (Lipinski definition) is 0. The van der Waals surface area contributed by atoms with Crippen molar-refractivity contribution in [2.45, 2.75) is 38.6 Å². The SMILES string of the molecule is CCC1CCCCN1C(=O)c1cc(-c2ccc3c(c2)OCO3)n(C)n1. The molecule has 0 radical (unpaired) electrons. The lowest BCUT2D eigenvalue weighted by atomic mass is 9.99. The first-order chi connectivity index (χ1) is 12.2. The lowest BCUT2D eigenvalue weighted by Gasteiger charge is -2.34. The van der Waals surface area contributed by atoms with Gasteiger partial charge in [-0.05, 0) is 49.9 Å². The fourth-order valence-electron chi connectivity index (χ4n) is 3.74. The van der Waals surface area contributed by atoms with Gasteiger partial charge < -0.3 is 14.4 Å². The molecule has 0 spiro atoms. The molecule has 2 aromatic rings. The van der Waals surface area contributed by atoms with Gasteiger partial charge in [0.25, 0.3) is 5.91 Å². The molecule has 0 saturated carbocycles. The Morgan fingerprint density at radius 3 is 2.92 bits per heavy atom. The normalized spacial score (nSPS) is 19.3. The third-order valence-corrected chi connectivity index (χ3v) is 5.13. The van der Waals surface area contributed by atoms with Crippen LogP contribution in [-0.2, 0) is 7.05 Å². The third kappa shape index (κ3) is 2.86. The molecule has 2 aliphatic heterocycles. The van der Waals surface area contributed by atoms with Crippen molar-refractivity contribution in [2.24, 2.45) is 7.05 Å². The van der Waals surface area contributed by atoms with Crippen LogP contribution in [0, 0.1) is 0 Å². The number of ether oxygens (including phenoxy) is 2. The number of aromatic nitrogens is 2. The Labute approximate surface area is 147 Å². The van der Waals surface area contributed by atoms with Crippen LogP contribution in [0.3, 0.4) is 0 Å². The largest absolute Gasteiger partial charge is 0.454 e. The highest BCUT2D eigenvalue weighted by Crippen LogP contribution is 2.36. The van der Waals surface area contributed by atoms with Gasteiger partial charge in [0.05, 0.1) is 5.69 Å². The minimum atomic E-state index is 0.0362. The van der Waals surface area contributed by atoms with Crippen LogP contribution in [-0.4, -0.2) is 40.0 Å². The second kappa shape index (κ2) is 6.43. The number of fused-ring (bicyclic) bond motifs is 1. The van der Waals surface area contributed by atoms with Gasteiger partial charge in [-0.15, -0.1) is 0 Å². The molecule has 1 amide bonds. The summed E-state index contributed by atoms with van der Waals surface area (Å²) in [6.07, 6.45) is 4.36. The van der Waals surface area contributed by atoms with Gasteiger partial charge in [0.15, 0.2) is 17.2 Å². The first-order valence-corrected chi connectivity index (χ1v) is 8.92. The van der Waals surface area contributed by atoms with Crippen LogP contribution < -0.4 is 9.47 Å². The fraction of sp³-hybridized carbons (Fsp3) is 0.474. The molecule has 25 heavy (non-hydrogen) atoms. The maximum absolute atomic E-state index is 13.0. The quantitative estimate of drug-likeness (QED) is 0.860. The van der Waals surface area contributed by atoms with E-state index in [0.717, 1.165) is 48.6 Å². The molecule has 1 saturated heterocycles. The molecule has 0 bridgehead atoms. The zero-order chi connectivity index (χ0) is 17.4. The summed E-state index contributed by atoms with van der Waals surface area (Å²) in [4.78, 5) is 15.0. The summed E-state index contributed by atoms with van der Waals surface area (Å²) in [5.41, 5.74) is 2.37. The van der Waals surface area contributed by atoms with Crippen molar-refractivity contribution in [3.63, 3.8) is 0 Å². The highest BCUT2D eigenvalue weighted by Gasteiger charge is 2.28. The van der Waals surface area contributed by atoms with E-state index < -0.39 is 0 Å². The molecular weight excluding hydrogens is 318 g/mol. The average molecular weight is 341 g/mol. The standard InChI is InChI=1S/C19H23N3O3/c1-3-14-6-4-5-9-22(14)19(23)15-11-16(21(2)20-15)13-7-8-17-18(10-13)25-12-24-17/h7-8,10-11,14H,3-6,9,12H2,1-2H3. The van der Waals surface area contributed by atoms with Gasteiger partial charge in [0.2, 0.25) is 6.79 Å². The molecule has 1 fully saturated rings. The highest BCUT2D eigenvalue weighted by molar-refractivity contribution is 5.93. The van der Waals surface area contributed by atoms with Crippen LogP contribution in [0.2, 0.25) is 0 Å². The van der Waals surface area contributed by atoms with Crippen LogP contribution in [0.1, 0.15) is 43.1 Å². The van der Waals surface area contributed by atoms with E-state index in [-0.39, 0.29) is 12.7 Å². The minimum absolute atomic E-state index is 0.0362. The molecule has 1 aromatic heterocycles. The maximum atomic E-state index is 13.0. The number of aryl methyl sites for hydroxylation is 1. The zero-order valence-corrected chi connectivity index (χ0v) is 14.7. The Balaban J connectivity index is 1.62. The monoisotopic (exact) mass is 341 g/mol. The predicted octanol–water partition coefficient (Wildman–Crippen LogP) is 3.22. The van der Waals surface area contributed by atoms with Gasteiger partial charge in [-0.1, -0.05) is 6.92 Å². The third-order valence-electron chi connectivity index (χ3n) is 5.13. The van der Waals surface area contributed by atoms with Gasteiger partial charge >= 0.3 is 0 Å². The van der Waals surface area contributed by atoms with E-state index >= 15 is 0 Å². The van der Waals surface area contributed by atoms with Crippen LogP contribution in [0.4, 0.5) is 0 Å². The predicted molar refractivity (Wildman–Crippen MR) is 93.7 cm³/mol. The second-order valence-corrected chi connectivity index (χ2v) is 6.66. The van der Waals surface area contributed by atoms with Crippen molar-refractivity contribution in [3.05, 3.63) is 30.0 Å². The van der Waals surface area contributed by atoms with Crippen LogP contribution in [0.15, 0.2) is 24.3 Å². The molecule has 1 aromatic carbocycles. The van der Waals surface area contributed by atoms with Crippen molar-refractivity contribution in [3.8, 4) is 22.8 Å². The fourth-order valence-corrected chi connectivity index (χ4v) is 3.74. The summed E-state index contributed by atoms with van der Waals surface area (Å²) >= 11 is 0. The number of carbonyl (C=O) groups is 1. The van der Waals surface area contributed by atoms with Crippen molar-refractivity contribution in [2.75, 3.05) is 13.3 Å². The molecule has 6 nitrogen and oxygen atoms in total. The molecule has 4 rings (SSSR count). The minimum Gasteiger partial charge on any atom is -0.454 e. The Morgan fingerprint density at radius 1 is 1.24 bits per heavy atom. The Kier molecular flexibility index (Phi) is 4.11. The number of benzene rings is 1. The summed E-state index contributed by atoms with van der Waals surface area (Å²) in [7, 11) is 1.87. The Bertz CT molecular complexity index is 799. The van der Waals surface area contributed by atoms with E-state index in [0.29, 0.717) is 11.7 Å². The smallest absolute Gasteiger partial charge is 0.274 e. The maximum Gasteiger partial charge on any atom is 0.274 e. The number of likely N-dealkylation sites (tertiary alicyclic amines) is 1. The molecule has 0 aliphatic carbocycles. The van der Waals surface area contributed by atoms with Crippen LogP contribution >= 0.6 is 0 Å². The number of piperidine rings is 1. The van der Waals surface area contributed by atoms with E-state index in [1.807, 2.05) is 36.2 Å². The van der Waals surface area contributed by atoms with Crippen molar-refractivity contribution in [1.82, 2.24) is 14.7 Å². The lowest BCUT2D eigenvalue weighted by molar-refractivity contribution is 0.0601. The zero-order valence-electron chi connectivity index (χ0n) is 14.7. The van der Waals surface area contributed by atoms with Crippen molar-refractivity contribution < 1.29 is 14.3 Å². The first kappa shape index (κ1) is 16.0. The molecule has 2 aliphatic rings. The molecule has 0 N–H and O–H groups in total. The van der Waals surface area contributed by atoms with E-state index in [1.165, 1.54) is 6.42 Å². The lowest BCUT2D eigenvalue weighted by Crippen LogP contribution is -2.43. The topological polar surface area (TPSA) is 56.6 Å². The van der Waals surface area contributed by atoms with E-state index in [9.17, 15) is 4.79 Å². The summed E-state index contributed by atoms with van der Waals surface area (Å²) in [6.45, 7) is 3.22. The average Bonchev–Trinajstić information content (AvgIpc) is 3.26. The van der Waals surface area contributed by atoms with E-state index in [1.54, 1.807) is 4.68 Å². The number of hydrogen-bond acceptors (Lipinski definition) is 4. The van der Waals surface area contributed by atoms with Gasteiger partial charge in [-0.2, -0.15) is 5.10 Å². The number of amides is 1. The van der Waals surface area contributed by atoms with Crippen molar-refractivity contribution >= 4 is 5.91 Å². The Morgan fingerprint density at radius 2 is 2.08 bits per heavy atom. The molecule has 6 heteroatoms. The summed E-state index contributed by atoms with van der Waals surface area (Å²) in [6, 6.07) is 8.00. The van der Waals surface area contributed by atoms with Gasteiger partial charge in [-0.25, -0.2) is 0 Å². The van der Waals surface area contributed by atoms with Crippen LogP contribution in [0.5, 0.6) is 11.5 Å². The van der Waals surface area contributed by atoms with E-state index in [2.05, 4.69) is 12.0 Å². The number of nitrogens with zero attached hydrogens (tertiary/aromatic N) is 3. The molecule has 1 atom stereocenters. The molecule has 1 unspecified atom stereocenters. The summed E-state index contributed by atoms with van der Waals surface area (Å²) in [5.74, 6) is 1.52.